The fourth-order valence-electron chi connectivity index (χ4n) is 1.68. The molecule has 5 heteroatoms. The molecule has 0 amide bonds. The predicted molar refractivity (Wildman–Crippen MR) is 76.3 cm³/mol. The van der Waals surface area contributed by atoms with Crippen LogP contribution in [0.3, 0.4) is 0 Å². The molecule has 2 aromatic heterocycles. The highest BCUT2D eigenvalue weighted by molar-refractivity contribution is 7.16. The van der Waals surface area contributed by atoms with Crippen molar-refractivity contribution in [1.82, 2.24) is 10.3 Å². The van der Waals surface area contributed by atoms with E-state index in [2.05, 4.69) is 30.2 Å². The molecule has 2 rings (SSSR count). The normalized spacial score (nSPS) is 12.9. The number of hydrogen-bond acceptors (Lipinski definition) is 4. The van der Waals surface area contributed by atoms with Crippen LogP contribution in [0.4, 0.5) is 0 Å². The maximum absolute atomic E-state index is 6.02. The van der Waals surface area contributed by atoms with Gasteiger partial charge in [0.2, 0.25) is 0 Å². The molecule has 2 nitrogen and oxygen atoms in total. The molecule has 1 N–H and O–H groups in total. The summed E-state index contributed by atoms with van der Waals surface area (Å²) in [5, 5.41) is 3.56. The number of hydrogen-bond donors (Lipinski definition) is 1. The van der Waals surface area contributed by atoms with Crippen molar-refractivity contribution in [3.05, 3.63) is 37.4 Å². The summed E-state index contributed by atoms with van der Waals surface area (Å²) in [5.74, 6) is 0. The van der Waals surface area contributed by atoms with E-state index in [9.17, 15) is 0 Å². The summed E-state index contributed by atoms with van der Waals surface area (Å²) >= 11 is 9.36. The average Bonchev–Trinajstić information content (AvgIpc) is 2.90. The van der Waals surface area contributed by atoms with Crippen molar-refractivity contribution in [1.29, 1.82) is 0 Å². The zero-order valence-electron chi connectivity index (χ0n) is 9.87. The Kier molecular flexibility index (Phi) is 4.56. The van der Waals surface area contributed by atoms with Crippen LogP contribution in [0.5, 0.6) is 0 Å². The van der Waals surface area contributed by atoms with Crippen molar-refractivity contribution in [2.24, 2.45) is 0 Å². The minimum atomic E-state index is 0.236. The first-order valence-electron chi connectivity index (χ1n) is 5.61. The summed E-state index contributed by atoms with van der Waals surface area (Å²) in [6, 6.07) is 4.29. The molecule has 0 saturated heterocycles. The lowest BCUT2D eigenvalue weighted by atomic mass is 10.1. The highest BCUT2D eigenvalue weighted by Gasteiger charge is 2.19. The second-order valence-corrected chi connectivity index (χ2v) is 6.46. The minimum absolute atomic E-state index is 0.236. The lowest BCUT2D eigenvalue weighted by Gasteiger charge is -2.16. The molecular weight excluding hydrogens is 272 g/mol. The second-order valence-electron chi connectivity index (χ2n) is 3.83. The van der Waals surface area contributed by atoms with E-state index >= 15 is 0 Å². The van der Waals surface area contributed by atoms with Gasteiger partial charge in [-0.1, -0.05) is 18.5 Å². The molecule has 0 aliphatic heterocycles. The lowest BCUT2D eigenvalue weighted by molar-refractivity contribution is 0.610. The van der Waals surface area contributed by atoms with Gasteiger partial charge in [0.1, 0.15) is 0 Å². The number of nitrogens with zero attached hydrogens (tertiary/aromatic N) is 1. The van der Waals surface area contributed by atoms with E-state index in [1.54, 1.807) is 22.7 Å². The Morgan fingerprint density at radius 2 is 2.29 bits per heavy atom. The number of nitrogens with one attached hydrogen (secondary N) is 1. The van der Waals surface area contributed by atoms with Crippen LogP contribution >= 0.6 is 34.3 Å². The van der Waals surface area contributed by atoms with Gasteiger partial charge >= 0.3 is 0 Å². The first-order valence-corrected chi connectivity index (χ1v) is 7.68. The quantitative estimate of drug-likeness (QED) is 0.888. The van der Waals surface area contributed by atoms with E-state index in [4.69, 9.17) is 11.6 Å². The summed E-state index contributed by atoms with van der Waals surface area (Å²) < 4.78 is 0.838. The van der Waals surface area contributed by atoms with Gasteiger partial charge in [-0.15, -0.1) is 22.7 Å². The standard InChI is InChI=1S/C12H15ClN2S2/c1-3-6-14-11(9-4-5-10(13)17-9)12-8(2)15-7-16-12/h4-5,7,11,14H,3,6H2,1-2H3. The molecule has 2 aromatic rings. The van der Waals surface area contributed by atoms with Crippen LogP contribution in [-0.2, 0) is 0 Å². The zero-order chi connectivity index (χ0) is 12.3. The van der Waals surface area contributed by atoms with Gasteiger partial charge in [0, 0.05) is 9.75 Å². The largest absolute Gasteiger partial charge is 0.305 e. The number of aryl methyl sites for hydroxylation is 1. The molecule has 0 fully saturated rings. The predicted octanol–water partition coefficient (Wildman–Crippen LogP) is 4.26. The smallest absolute Gasteiger partial charge is 0.0931 e. The van der Waals surface area contributed by atoms with Crippen LogP contribution in [0.15, 0.2) is 17.6 Å². The molecule has 0 aromatic carbocycles. The number of thiophene rings is 1. The van der Waals surface area contributed by atoms with Crippen molar-refractivity contribution < 1.29 is 0 Å². The monoisotopic (exact) mass is 286 g/mol. The van der Waals surface area contributed by atoms with Gasteiger partial charge in [-0.3, -0.25) is 0 Å². The van der Waals surface area contributed by atoms with Gasteiger partial charge in [0.15, 0.2) is 0 Å². The second kappa shape index (κ2) is 5.96. The van der Waals surface area contributed by atoms with E-state index < -0.39 is 0 Å². The van der Waals surface area contributed by atoms with Gasteiger partial charge < -0.3 is 5.32 Å². The Labute approximate surface area is 115 Å². The Bertz CT molecular complexity index is 478. The van der Waals surface area contributed by atoms with Gasteiger partial charge in [0.25, 0.3) is 0 Å². The topological polar surface area (TPSA) is 24.9 Å². The maximum atomic E-state index is 6.02. The van der Waals surface area contributed by atoms with Crippen LogP contribution in [0, 0.1) is 6.92 Å². The first-order chi connectivity index (χ1) is 8.22. The van der Waals surface area contributed by atoms with Crippen LogP contribution < -0.4 is 5.32 Å². The molecule has 0 bridgehead atoms. The molecular formula is C12H15ClN2S2. The summed E-state index contributed by atoms with van der Waals surface area (Å²) in [6.07, 6.45) is 1.12. The van der Waals surface area contributed by atoms with Crippen molar-refractivity contribution >= 4 is 34.3 Å². The first kappa shape index (κ1) is 13.0. The molecule has 17 heavy (non-hydrogen) atoms. The molecule has 1 unspecified atom stereocenters. The highest BCUT2D eigenvalue weighted by Crippen LogP contribution is 2.34. The molecule has 0 radical (unpaired) electrons. The van der Waals surface area contributed by atoms with Crippen molar-refractivity contribution in [2.75, 3.05) is 6.54 Å². The molecule has 1 atom stereocenters. The molecule has 2 heterocycles. The number of thiazole rings is 1. The van der Waals surface area contributed by atoms with E-state index in [0.717, 1.165) is 23.0 Å². The van der Waals surface area contributed by atoms with E-state index in [1.165, 1.54) is 9.75 Å². The average molecular weight is 287 g/mol. The molecule has 92 valence electrons. The fourth-order valence-corrected chi connectivity index (χ4v) is 3.80. The maximum Gasteiger partial charge on any atom is 0.0931 e. The van der Waals surface area contributed by atoms with Crippen molar-refractivity contribution in [3.8, 4) is 0 Å². The van der Waals surface area contributed by atoms with Gasteiger partial charge in [0.05, 0.1) is 21.6 Å². The third-order valence-electron chi connectivity index (χ3n) is 2.52. The minimum Gasteiger partial charge on any atom is -0.305 e. The van der Waals surface area contributed by atoms with Crippen LogP contribution in [0.2, 0.25) is 4.34 Å². The van der Waals surface area contributed by atoms with E-state index in [0.29, 0.717) is 0 Å². The van der Waals surface area contributed by atoms with Crippen LogP contribution in [-0.4, -0.2) is 11.5 Å². The Morgan fingerprint density at radius 3 is 2.82 bits per heavy atom. The molecule has 0 aliphatic rings. The third kappa shape index (κ3) is 3.07. The molecule has 0 aliphatic carbocycles. The third-order valence-corrected chi connectivity index (χ3v) is 4.81. The highest BCUT2D eigenvalue weighted by atomic mass is 35.5. The van der Waals surface area contributed by atoms with Crippen LogP contribution in [0.1, 0.15) is 34.8 Å². The molecule has 0 spiro atoms. The Hall–Kier alpha value is -0.420. The zero-order valence-corrected chi connectivity index (χ0v) is 12.3. The SMILES string of the molecule is CCCNC(c1ccc(Cl)s1)c1scnc1C. The van der Waals surface area contributed by atoms with E-state index in [1.807, 2.05) is 11.6 Å². The summed E-state index contributed by atoms with van der Waals surface area (Å²) in [4.78, 5) is 6.88. The lowest BCUT2D eigenvalue weighted by Crippen LogP contribution is -2.22. The fraction of sp³-hybridized carbons (Fsp3) is 0.417. The molecule has 0 saturated carbocycles. The Balaban J connectivity index is 2.28. The van der Waals surface area contributed by atoms with Crippen molar-refractivity contribution in [3.63, 3.8) is 0 Å². The van der Waals surface area contributed by atoms with Crippen LogP contribution in [0.25, 0.3) is 0 Å². The number of halogens is 1. The Morgan fingerprint density at radius 1 is 1.47 bits per heavy atom. The van der Waals surface area contributed by atoms with Gasteiger partial charge in [-0.25, -0.2) is 4.98 Å². The van der Waals surface area contributed by atoms with Gasteiger partial charge in [-0.2, -0.15) is 0 Å². The van der Waals surface area contributed by atoms with Gasteiger partial charge in [-0.05, 0) is 32.0 Å². The van der Waals surface area contributed by atoms with E-state index in [-0.39, 0.29) is 6.04 Å². The summed E-state index contributed by atoms with van der Waals surface area (Å²) in [7, 11) is 0. The number of rotatable bonds is 5. The summed E-state index contributed by atoms with van der Waals surface area (Å²) in [6.45, 7) is 5.23. The van der Waals surface area contributed by atoms with Crippen molar-refractivity contribution in [2.45, 2.75) is 26.3 Å². The summed E-state index contributed by atoms with van der Waals surface area (Å²) in [5.41, 5.74) is 3.01. The number of aromatic nitrogens is 1.